The first-order valence-electron chi connectivity index (χ1n) is 26.3. The second-order valence-electron chi connectivity index (χ2n) is 22.4. The number of methoxy groups -OCH3 is 1. The normalized spacial score (nSPS) is 29.5. The molecule has 9 rings (SSSR count). The first-order valence-corrected chi connectivity index (χ1v) is 26.3. The average molecular weight is 924 g/mol. The molecule has 0 aromatic heterocycles. The number of fused-ring (bicyclic) bond motifs is 3. The number of hydrogen-bond acceptors (Lipinski definition) is 9. The number of nitrogens with two attached hydrogens (primary N) is 1. The van der Waals surface area contributed by atoms with Crippen LogP contribution in [-0.4, -0.2) is 65.3 Å². The van der Waals surface area contributed by atoms with Gasteiger partial charge in [-0.1, -0.05) is 93.5 Å². The maximum Gasteiger partial charge on any atom is 0.160 e. The van der Waals surface area contributed by atoms with Gasteiger partial charge in [0.15, 0.2) is 17.3 Å². The molecule has 0 bridgehead atoms. The number of benzene rings is 3. The van der Waals surface area contributed by atoms with Crippen LogP contribution in [0.5, 0.6) is 11.5 Å². The lowest BCUT2D eigenvalue weighted by molar-refractivity contribution is -0.135. The third kappa shape index (κ3) is 10.2. The van der Waals surface area contributed by atoms with Gasteiger partial charge in [0.1, 0.15) is 11.2 Å². The Kier molecular flexibility index (Phi) is 14.8. The lowest BCUT2D eigenvalue weighted by Crippen LogP contribution is -2.53. The number of aromatic hydroxyl groups is 1. The molecule has 9 heteroatoms. The minimum Gasteiger partial charge on any atom is -0.504 e. The summed E-state index contributed by atoms with van der Waals surface area (Å²) in [5.74, 6) is 9.77. The van der Waals surface area contributed by atoms with Crippen molar-refractivity contribution >= 4 is 22.3 Å². The molecule has 0 radical (unpaired) electrons. The van der Waals surface area contributed by atoms with Crippen LogP contribution >= 0.6 is 0 Å². The fraction of sp³-hybridized carbons (Fsp3) is 0.593. The Morgan fingerprint density at radius 2 is 1.75 bits per heavy atom. The number of dihydropyridines is 1. The van der Waals surface area contributed by atoms with Crippen LogP contribution in [0.3, 0.4) is 0 Å². The highest BCUT2D eigenvalue weighted by Crippen LogP contribution is 2.55. The number of aryl methyl sites for hydroxylation is 1. The van der Waals surface area contributed by atoms with Crippen LogP contribution in [0.15, 0.2) is 78.1 Å². The fourth-order valence-corrected chi connectivity index (χ4v) is 14.0. The van der Waals surface area contributed by atoms with Gasteiger partial charge in [0.05, 0.1) is 25.1 Å². The minimum absolute atomic E-state index is 0.00544. The van der Waals surface area contributed by atoms with E-state index >= 15 is 0 Å². The van der Waals surface area contributed by atoms with Gasteiger partial charge in [-0.05, 0) is 170 Å². The van der Waals surface area contributed by atoms with Gasteiger partial charge in [0.2, 0.25) is 0 Å². The number of carbonyl (C=O) groups is 2. The number of carbonyl (C=O) groups excluding carboxylic acids is 2. The first kappa shape index (κ1) is 48.4. The molecule has 0 unspecified atom stereocenters. The highest BCUT2D eigenvalue weighted by Gasteiger charge is 2.51. The number of Topliss-reactive ketones (excluding diaryl/α,β-unsaturated/α-hetero) is 2. The Bertz CT molecular complexity index is 2440. The number of aliphatic hydroxyl groups is 2. The highest BCUT2D eigenvalue weighted by atomic mass is 16.5. The minimum atomic E-state index is -1.17. The van der Waals surface area contributed by atoms with Crippen molar-refractivity contribution in [3.8, 4) is 23.3 Å². The first-order chi connectivity index (χ1) is 32.8. The largest absolute Gasteiger partial charge is 0.504 e. The lowest BCUT2D eigenvalue weighted by Gasteiger charge is -2.49. The summed E-state index contributed by atoms with van der Waals surface area (Å²) in [7, 11) is 1.54. The third-order valence-corrected chi connectivity index (χ3v) is 17.9. The van der Waals surface area contributed by atoms with Crippen LogP contribution < -0.4 is 21.1 Å². The number of hydrogen-bond donors (Lipinski definition) is 6. The zero-order valence-electron chi connectivity index (χ0n) is 40.9. The van der Waals surface area contributed by atoms with Crippen molar-refractivity contribution in [1.29, 1.82) is 0 Å². The second kappa shape index (κ2) is 20.8. The van der Waals surface area contributed by atoms with Crippen LogP contribution in [0.2, 0.25) is 0 Å². The molecule has 10 atom stereocenters. The summed E-state index contributed by atoms with van der Waals surface area (Å²) in [6.07, 6.45) is 17.5. The molecule has 3 aromatic carbocycles. The number of ketones is 2. The molecule has 1 spiro atoms. The van der Waals surface area contributed by atoms with Crippen LogP contribution in [-0.2, 0) is 16.0 Å². The predicted octanol–water partition coefficient (Wildman–Crippen LogP) is 9.91. The van der Waals surface area contributed by atoms with Gasteiger partial charge in [0, 0.05) is 43.7 Å². The van der Waals surface area contributed by atoms with Gasteiger partial charge in [-0.15, -0.1) is 0 Å². The molecular weight excluding hydrogens is 847 g/mol. The molecule has 7 N–H and O–H groups in total. The van der Waals surface area contributed by atoms with Crippen LogP contribution in [0, 0.1) is 52.3 Å². The number of allylic oxidation sites excluding steroid dienone is 2. The molecule has 2 aliphatic heterocycles. The standard InChI is InChI=1S/C59H77N3O6/c1-37(2)10-17-48(57(45-22-27-61-56(60)32-45)44-12-11-39-8-4-5-9-41(39)29-44)51(64)18-14-40-21-26-59(54(66)19-15-42-31-53(68-3)52(65)34-49(40)42)25-20-38(28-55(59)67)35-58(23-6-7-24-58)46-30-43-13-16-47(63)33-50(43)62-36-46/h4-5,8-9,11-12,22,29,31-32,34,37-38,40,43,46,48,50-51,55,57,61-62,64-65,67H,6-7,10,13-20,23-25,27-28,30,33,35-36,60H2,1-3H3/t38-,40+,43-,46+,48+,50-,51+,55-,57+,59+/m1/s1. The maximum absolute atomic E-state index is 14.7. The highest BCUT2D eigenvalue weighted by molar-refractivity contribution is 5.89. The molecule has 3 saturated carbocycles. The Labute approximate surface area is 405 Å². The smallest absolute Gasteiger partial charge is 0.160 e. The zero-order valence-corrected chi connectivity index (χ0v) is 40.9. The number of aliphatic hydroxyl groups excluding tert-OH is 2. The van der Waals surface area contributed by atoms with Crippen LogP contribution in [0.25, 0.3) is 10.8 Å². The summed E-state index contributed by atoms with van der Waals surface area (Å²) in [5, 5.41) is 45.7. The summed E-state index contributed by atoms with van der Waals surface area (Å²) in [4.78, 5) is 27.0. The van der Waals surface area contributed by atoms with Crippen LogP contribution in [0.4, 0.5) is 0 Å². The number of nitrogens with one attached hydrogen (secondary N) is 2. The molecule has 1 saturated heterocycles. The van der Waals surface area contributed by atoms with E-state index in [4.69, 9.17) is 10.5 Å². The van der Waals surface area contributed by atoms with E-state index in [0.29, 0.717) is 98.6 Å². The molecule has 3 aromatic rings. The summed E-state index contributed by atoms with van der Waals surface area (Å²) in [6, 6.07) is 19.0. The molecule has 364 valence electrons. The van der Waals surface area contributed by atoms with E-state index in [0.717, 1.165) is 66.3 Å². The van der Waals surface area contributed by atoms with Crippen molar-refractivity contribution in [2.24, 2.45) is 46.2 Å². The molecule has 6 aliphatic rings. The van der Waals surface area contributed by atoms with Crippen molar-refractivity contribution < 1.29 is 29.6 Å². The van der Waals surface area contributed by atoms with E-state index < -0.39 is 23.5 Å². The predicted molar refractivity (Wildman–Crippen MR) is 270 cm³/mol. The molecule has 2 heterocycles. The number of piperidine rings is 1. The Balaban J connectivity index is 0.992. The molecule has 9 nitrogen and oxygen atoms in total. The molecule has 68 heavy (non-hydrogen) atoms. The molecule has 4 aliphatic carbocycles. The SMILES string of the molecule is COc1cc2c(cc1O)[C@@H](CC[C@H](O)[C@H](CCC(C)C)[C@H](C1=CCNC(N)=C1)c1ccc3ccccc3c1)C#C[C@@]1(CC[C@@H](CC3([C@@H]4CN[C@@H]5CC(=O)CC[C@@H]5C4)CCCC3)C[C@H]1O)C(=O)CC2. The van der Waals surface area contributed by atoms with E-state index in [2.05, 4.69) is 84.9 Å². The quantitative estimate of drug-likeness (QED) is 0.0868. The zero-order chi connectivity index (χ0) is 47.6. The van der Waals surface area contributed by atoms with Crippen molar-refractivity contribution in [2.75, 3.05) is 20.2 Å². The number of phenols is 1. The Morgan fingerprint density at radius 3 is 2.51 bits per heavy atom. The fourth-order valence-electron chi connectivity index (χ4n) is 14.0. The van der Waals surface area contributed by atoms with E-state index in [1.54, 1.807) is 13.2 Å². The maximum atomic E-state index is 14.7. The van der Waals surface area contributed by atoms with E-state index in [-0.39, 0.29) is 35.2 Å². The van der Waals surface area contributed by atoms with Crippen molar-refractivity contribution in [3.05, 3.63) is 94.8 Å². The topological polar surface area (TPSA) is 154 Å². The third-order valence-electron chi connectivity index (χ3n) is 17.9. The number of rotatable bonds is 14. The van der Waals surface area contributed by atoms with Gasteiger partial charge >= 0.3 is 0 Å². The summed E-state index contributed by atoms with van der Waals surface area (Å²) in [6.45, 7) is 6.05. The van der Waals surface area contributed by atoms with Gasteiger partial charge in [-0.25, -0.2) is 0 Å². The average Bonchev–Trinajstić information content (AvgIpc) is 3.83. The summed E-state index contributed by atoms with van der Waals surface area (Å²) < 4.78 is 5.60. The van der Waals surface area contributed by atoms with Gasteiger partial charge in [0.25, 0.3) is 0 Å². The number of ether oxygens (including phenoxy) is 1. The van der Waals surface area contributed by atoms with E-state index in [9.17, 15) is 24.9 Å². The second-order valence-corrected chi connectivity index (χ2v) is 22.4. The molecular formula is C59H77N3O6. The van der Waals surface area contributed by atoms with Gasteiger partial charge in [-0.3, -0.25) is 9.59 Å². The monoisotopic (exact) mass is 924 g/mol. The van der Waals surface area contributed by atoms with Crippen LogP contribution in [0.1, 0.15) is 152 Å². The Morgan fingerprint density at radius 1 is 0.941 bits per heavy atom. The van der Waals surface area contributed by atoms with Crippen molar-refractivity contribution in [3.63, 3.8) is 0 Å². The molecule has 0 amide bonds. The number of phenolic OH excluding ortho intramolecular Hbond substituents is 1. The van der Waals surface area contributed by atoms with Crippen molar-refractivity contribution in [1.82, 2.24) is 10.6 Å². The van der Waals surface area contributed by atoms with E-state index in [1.807, 2.05) is 12.1 Å². The lowest BCUT2D eigenvalue weighted by atomic mass is 9.58. The van der Waals surface area contributed by atoms with Gasteiger partial charge < -0.3 is 36.4 Å². The summed E-state index contributed by atoms with van der Waals surface area (Å²) in [5.41, 5.74) is 9.49. The van der Waals surface area contributed by atoms with Gasteiger partial charge in [-0.2, -0.15) is 0 Å². The Hall–Kier alpha value is -4.62. The molecule has 4 fully saturated rings. The van der Waals surface area contributed by atoms with Crippen molar-refractivity contribution in [2.45, 2.75) is 160 Å². The van der Waals surface area contributed by atoms with E-state index in [1.165, 1.54) is 37.5 Å². The summed E-state index contributed by atoms with van der Waals surface area (Å²) >= 11 is 0.